The molecule has 5 nitrogen and oxygen atoms in total. The summed E-state index contributed by atoms with van der Waals surface area (Å²) in [6, 6.07) is 2.91. The second-order valence-electron chi connectivity index (χ2n) is 2.79. The molecule has 0 aliphatic carbocycles. The molecule has 0 amide bonds. The summed E-state index contributed by atoms with van der Waals surface area (Å²) in [6.45, 7) is -0.0461. The van der Waals surface area contributed by atoms with E-state index in [2.05, 4.69) is 0 Å². The van der Waals surface area contributed by atoms with Gasteiger partial charge >= 0.3 is 5.97 Å². The van der Waals surface area contributed by atoms with E-state index in [0.717, 1.165) is 0 Å². The number of rotatable bonds is 2. The van der Waals surface area contributed by atoms with E-state index in [1.807, 2.05) is 0 Å². The molecule has 1 aromatic rings. The van der Waals surface area contributed by atoms with Crippen LogP contribution in [-0.2, 0) is 4.79 Å². The molecule has 2 rings (SSSR count). The van der Waals surface area contributed by atoms with E-state index in [1.54, 1.807) is 0 Å². The molecule has 15 heavy (non-hydrogen) atoms. The fourth-order valence-electron chi connectivity index (χ4n) is 1.27. The highest BCUT2D eigenvalue weighted by molar-refractivity contribution is 6.45. The molecule has 1 heterocycles. The number of carbonyl (C=O) groups is 2. The zero-order valence-corrected chi connectivity index (χ0v) is 8.08. The molecule has 1 N–H and O–H groups in total. The average molecular weight is 229 g/mol. The van der Waals surface area contributed by atoms with Crippen molar-refractivity contribution >= 4 is 23.4 Å². The zero-order chi connectivity index (χ0) is 11.0. The number of Topliss-reactive ketones (excluding diaryl/α,β-unsaturated/α-hetero) is 1. The van der Waals surface area contributed by atoms with Gasteiger partial charge in [-0.2, -0.15) is 0 Å². The predicted molar refractivity (Wildman–Crippen MR) is 49.5 cm³/mol. The number of halogens is 1. The monoisotopic (exact) mass is 228 g/mol. The van der Waals surface area contributed by atoms with E-state index in [4.69, 9.17) is 26.2 Å². The summed E-state index contributed by atoms with van der Waals surface area (Å²) in [5, 5.41) is 8.62. The standard InChI is InChI=1S/C9H5ClO5/c10-4-1-2-5-8(15-3-14-5)6(4)7(11)9(12)13/h1-2H,3H2,(H,12,13). The lowest BCUT2D eigenvalue weighted by atomic mass is 10.1. The van der Waals surface area contributed by atoms with Crippen LogP contribution >= 0.6 is 11.6 Å². The average Bonchev–Trinajstić information content (AvgIpc) is 2.64. The molecular formula is C9H5ClO5. The number of hydrogen-bond acceptors (Lipinski definition) is 4. The summed E-state index contributed by atoms with van der Waals surface area (Å²) in [5.41, 5.74) is -0.167. The summed E-state index contributed by atoms with van der Waals surface area (Å²) in [6.07, 6.45) is 0. The molecule has 78 valence electrons. The largest absolute Gasteiger partial charge is 0.475 e. The summed E-state index contributed by atoms with van der Waals surface area (Å²) in [7, 11) is 0. The third-order valence-corrected chi connectivity index (χ3v) is 2.22. The van der Waals surface area contributed by atoms with Crippen LogP contribution in [0.15, 0.2) is 12.1 Å². The van der Waals surface area contributed by atoms with Gasteiger partial charge in [0.25, 0.3) is 5.78 Å². The van der Waals surface area contributed by atoms with Crippen molar-refractivity contribution in [1.82, 2.24) is 0 Å². The first-order valence-corrected chi connectivity index (χ1v) is 4.35. The lowest BCUT2D eigenvalue weighted by Gasteiger charge is -2.03. The van der Waals surface area contributed by atoms with Crippen LogP contribution in [0.1, 0.15) is 10.4 Å². The van der Waals surface area contributed by atoms with Crippen LogP contribution in [0.3, 0.4) is 0 Å². The van der Waals surface area contributed by atoms with Gasteiger partial charge in [0.1, 0.15) is 0 Å². The van der Waals surface area contributed by atoms with Crippen molar-refractivity contribution in [2.75, 3.05) is 6.79 Å². The highest BCUT2D eigenvalue weighted by atomic mass is 35.5. The van der Waals surface area contributed by atoms with Crippen molar-refractivity contribution in [2.45, 2.75) is 0 Å². The normalized spacial score (nSPS) is 12.6. The number of hydrogen-bond donors (Lipinski definition) is 1. The summed E-state index contributed by atoms with van der Waals surface area (Å²) < 4.78 is 9.99. The van der Waals surface area contributed by atoms with Crippen LogP contribution in [0.5, 0.6) is 11.5 Å². The highest BCUT2D eigenvalue weighted by Crippen LogP contribution is 2.39. The Labute approximate surface area is 89.2 Å². The van der Waals surface area contributed by atoms with E-state index in [1.165, 1.54) is 12.1 Å². The summed E-state index contributed by atoms with van der Waals surface area (Å²) >= 11 is 5.73. The van der Waals surface area contributed by atoms with E-state index in [-0.39, 0.29) is 23.1 Å². The van der Waals surface area contributed by atoms with Gasteiger partial charge in [-0.3, -0.25) is 4.79 Å². The molecule has 0 radical (unpaired) electrons. The van der Waals surface area contributed by atoms with Crippen LogP contribution in [0.25, 0.3) is 0 Å². The van der Waals surface area contributed by atoms with E-state index >= 15 is 0 Å². The minimum Gasteiger partial charge on any atom is -0.475 e. The lowest BCUT2D eigenvalue weighted by Crippen LogP contribution is -2.14. The molecule has 0 atom stereocenters. The van der Waals surface area contributed by atoms with Crippen LogP contribution in [-0.4, -0.2) is 23.7 Å². The number of carbonyl (C=O) groups excluding carboxylic acids is 1. The topological polar surface area (TPSA) is 72.8 Å². The van der Waals surface area contributed by atoms with Crippen molar-refractivity contribution in [2.24, 2.45) is 0 Å². The third-order valence-electron chi connectivity index (χ3n) is 1.91. The van der Waals surface area contributed by atoms with Gasteiger partial charge in [0.2, 0.25) is 6.79 Å². The Balaban J connectivity index is 2.60. The fourth-order valence-corrected chi connectivity index (χ4v) is 1.50. The lowest BCUT2D eigenvalue weighted by molar-refractivity contribution is -0.131. The Morgan fingerprint density at radius 2 is 2.07 bits per heavy atom. The first-order chi connectivity index (χ1) is 7.11. The Morgan fingerprint density at radius 3 is 2.73 bits per heavy atom. The van der Waals surface area contributed by atoms with Crippen molar-refractivity contribution in [3.8, 4) is 11.5 Å². The van der Waals surface area contributed by atoms with Gasteiger partial charge in [0.15, 0.2) is 11.5 Å². The molecule has 0 aromatic heterocycles. The van der Waals surface area contributed by atoms with Gasteiger partial charge in [0.05, 0.1) is 10.6 Å². The Morgan fingerprint density at radius 1 is 1.33 bits per heavy atom. The minimum atomic E-state index is -1.58. The van der Waals surface area contributed by atoms with Gasteiger partial charge in [-0.15, -0.1) is 0 Å². The second kappa shape index (κ2) is 3.43. The van der Waals surface area contributed by atoms with Crippen LogP contribution in [0.4, 0.5) is 0 Å². The van der Waals surface area contributed by atoms with Crippen LogP contribution in [0, 0.1) is 0 Å². The molecule has 1 aliphatic rings. The number of carboxylic acid groups (broad SMARTS) is 1. The smallest absolute Gasteiger partial charge is 0.377 e. The maximum atomic E-state index is 11.3. The number of fused-ring (bicyclic) bond motifs is 1. The molecule has 6 heteroatoms. The van der Waals surface area contributed by atoms with E-state index in [0.29, 0.717) is 5.75 Å². The van der Waals surface area contributed by atoms with Gasteiger partial charge in [0, 0.05) is 0 Å². The maximum absolute atomic E-state index is 11.3. The first-order valence-electron chi connectivity index (χ1n) is 3.97. The third kappa shape index (κ3) is 1.50. The maximum Gasteiger partial charge on any atom is 0.377 e. The van der Waals surface area contributed by atoms with Crippen molar-refractivity contribution in [3.63, 3.8) is 0 Å². The Hall–Kier alpha value is -1.75. The molecule has 0 saturated heterocycles. The predicted octanol–water partition coefficient (Wildman–Crippen LogP) is 1.34. The fraction of sp³-hybridized carbons (Fsp3) is 0.111. The van der Waals surface area contributed by atoms with Gasteiger partial charge in [-0.05, 0) is 12.1 Å². The first kappa shape index (κ1) is 9.79. The molecule has 1 aromatic carbocycles. The molecule has 0 bridgehead atoms. The van der Waals surface area contributed by atoms with Gasteiger partial charge in [-0.25, -0.2) is 4.79 Å². The van der Waals surface area contributed by atoms with Crippen molar-refractivity contribution in [3.05, 3.63) is 22.7 Å². The van der Waals surface area contributed by atoms with Crippen LogP contribution < -0.4 is 9.47 Å². The molecule has 0 fully saturated rings. The molecule has 1 aliphatic heterocycles. The molecule has 0 unspecified atom stereocenters. The SMILES string of the molecule is O=C(O)C(=O)c1c(Cl)ccc2c1OCO2. The zero-order valence-electron chi connectivity index (χ0n) is 7.32. The van der Waals surface area contributed by atoms with E-state index in [9.17, 15) is 9.59 Å². The molecule has 0 spiro atoms. The minimum absolute atomic E-state index is 0.0339. The molecular weight excluding hydrogens is 224 g/mol. The number of benzene rings is 1. The number of ketones is 1. The number of aliphatic carboxylic acids is 1. The molecule has 0 saturated carbocycles. The summed E-state index contributed by atoms with van der Waals surface area (Å²) in [5.74, 6) is -2.28. The number of carboxylic acids is 1. The van der Waals surface area contributed by atoms with Crippen LogP contribution in [0.2, 0.25) is 5.02 Å². The summed E-state index contributed by atoms with van der Waals surface area (Å²) in [4.78, 5) is 21.9. The van der Waals surface area contributed by atoms with Crippen molar-refractivity contribution in [1.29, 1.82) is 0 Å². The number of ether oxygens (including phenoxy) is 2. The van der Waals surface area contributed by atoms with E-state index < -0.39 is 11.8 Å². The quantitative estimate of drug-likeness (QED) is 0.611. The van der Waals surface area contributed by atoms with Gasteiger partial charge in [-0.1, -0.05) is 11.6 Å². The Bertz CT molecular complexity index is 454. The Kier molecular flexibility index (Phi) is 2.24. The second-order valence-corrected chi connectivity index (χ2v) is 3.20. The van der Waals surface area contributed by atoms with Crippen molar-refractivity contribution < 1.29 is 24.2 Å². The highest BCUT2D eigenvalue weighted by Gasteiger charge is 2.28. The van der Waals surface area contributed by atoms with Gasteiger partial charge < -0.3 is 14.6 Å².